The molecule has 216 valence electrons. The van der Waals surface area contributed by atoms with Gasteiger partial charge in [-0.15, -0.1) is 0 Å². The Labute approximate surface area is 241 Å². The van der Waals surface area contributed by atoms with Crippen LogP contribution in [0.25, 0.3) is 0 Å². The highest BCUT2D eigenvalue weighted by Gasteiger charge is 2.51. The van der Waals surface area contributed by atoms with Crippen molar-refractivity contribution < 1.29 is 13.2 Å². The number of sulfonamides is 1. The number of nitrogens with zero attached hydrogens (tertiary/aromatic N) is 3. The SMILES string of the molecule is Cc1cc(C)c(S(=O)(=O)N2CCN(CCN(CC3=CCC4CC3C4(C)C)C(=O)Cc3ccccc3)CC2)c(C)c1. The smallest absolute Gasteiger partial charge is 0.243 e. The zero-order chi connectivity index (χ0) is 28.7. The van der Waals surface area contributed by atoms with Gasteiger partial charge >= 0.3 is 0 Å². The Morgan fingerprint density at radius 3 is 2.25 bits per heavy atom. The summed E-state index contributed by atoms with van der Waals surface area (Å²) in [6.07, 6.45) is 5.17. The van der Waals surface area contributed by atoms with Gasteiger partial charge in [-0.1, -0.05) is 73.5 Å². The van der Waals surface area contributed by atoms with Gasteiger partial charge < -0.3 is 4.90 Å². The molecule has 1 saturated heterocycles. The summed E-state index contributed by atoms with van der Waals surface area (Å²) >= 11 is 0. The maximum absolute atomic E-state index is 13.6. The minimum atomic E-state index is -3.54. The highest BCUT2D eigenvalue weighted by atomic mass is 32.2. The van der Waals surface area contributed by atoms with Crippen LogP contribution in [0, 0.1) is 38.0 Å². The van der Waals surface area contributed by atoms with Gasteiger partial charge in [0.1, 0.15) is 0 Å². The second-order valence-electron chi connectivity index (χ2n) is 12.8. The van der Waals surface area contributed by atoms with Crippen molar-refractivity contribution in [1.29, 1.82) is 0 Å². The summed E-state index contributed by atoms with van der Waals surface area (Å²) < 4.78 is 28.7. The summed E-state index contributed by atoms with van der Waals surface area (Å²) in [5, 5.41) is 0. The Balaban J connectivity index is 1.23. The van der Waals surface area contributed by atoms with Crippen LogP contribution in [0.5, 0.6) is 0 Å². The normalized spacial score (nSPS) is 22.9. The van der Waals surface area contributed by atoms with E-state index in [4.69, 9.17) is 0 Å². The summed E-state index contributed by atoms with van der Waals surface area (Å²) in [4.78, 5) is 18.4. The molecule has 40 heavy (non-hydrogen) atoms. The van der Waals surface area contributed by atoms with Gasteiger partial charge in [-0.05, 0) is 67.6 Å². The van der Waals surface area contributed by atoms with Crippen molar-refractivity contribution in [2.45, 2.75) is 58.8 Å². The monoisotopic (exact) mass is 563 g/mol. The number of carbonyl (C=O) groups is 1. The minimum Gasteiger partial charge on any atom is -0.337 e. The maximum atomic E-state index is 13.6. The molecule has 7 heteroatoms. The first kappa shape index (κ1) is 29.0. The molecule has 1 heterocycles. The minimum absolute atomic E-state index is 0.165. The van der Waals surface area contributed by atoms with Crippen molar-refractivity contribution in [2.75, 3.05) is 45.8 Å². The lowest BCUT2D eigenvalue weighted by atomic mass is 9.49. The number of allylic oxidation sites excluding steroid dienone is 1. The van der Waals surface area contributed by atoms with Gasteiger partial charge in [0.15, 0.2) is 0 Å². The molecule has 4 aliphatic rings. The van der Waals surface area contributed by atoms with Gasteiger partial charge in [0.25, 0.3) is 0 Å². The van der Waals surface area contributed by atoms with Gasteiger partial charge in [-0.25, -0.2) is 8.42 Å². The molecule has 2 aromatic rings. The van der Waals surface area contributed by atoms with E-state index < -0.39 is 10.0 Å². The number of fused-ring (bicyclic) bond motifs is 1. The van der Waals surface area contributed by atoms with Crippen molar-refractivity contribution in [3.05, 3.63) is 76.4 Å². The third-order valence-corrected chi connectivity index (χ3v) is 11.9. The van der Waals surface area contributed by atoms with Crippen LogP contribution < -0.4 is 0 Å². The quantitative estimate of drug-likeness (QED) is 0.404. The number of hydrogen-bond acceptors (Lipinski definition) is 4. The van der Waals surface area contributed by atoms with Crippen molar-refractivity contribution >= 4 is 15.9 Å². The largest absolute Gasteiger partial charge is 0.337 e. The van der Waals surface area contributed by atoms with Gasteiger partial charge in [0.05, 0.1) is 11.3 Å². The van der Waals surface area contributed by atoms with Crippen molar-refractivity contribution in [3.8, 4) is 0 Å². The summed E-state index contributed by atoms with van der Waals surface area (Å²) in [7, 11) is -3.54. The molecule has 2 bridgehead atoms. The zero-order valence-electron chi connectivity index (χ0n) is 24.8. The van der Waals surface area contributed by atoms with Crippen molar-refractivity contribution in [1.82, 2.24) is 14.1 Å². The standard InChI is InChI=1S/C33H45N3O3S/c1-24-19-25(2)32(26(3)20-24)40(38,39)36-17-14-34(15-18-36)13-16-35(31(37)21-27-9-7-6-8-10-27)23-28-11-12-29-22-30(28)33(29,4)5/h6-11,19-20,29-30H,12-18,21-23H2,1-5H3. The molecule has 2 atom stereocenters. The van der Waals surface area contributed by atoms with Crippen molar-refractivity contribution in [3.63, 3.8) is 0 Å². The molecule has 0 aromatic heterocycles. The van der Waals surface area contributed by atoms with E-state index in [1.54, 1.807) is 4.31 Å². The fraction of sp³-hybridized carbons (Fsp3) is 0.545. The molecule has 6 rings (SSSR count). The van der Waals surface area contributed by atoms with Gasteiger partial charge in [0, 0.05) is 45.8 Å². The van der Waals surface area contributed by atoms with Gasteiger partial charge in [-0.3, -0.25) is 9.69 Å². The summed E-state index contributed by atoms with van der Waals surface area (Å²) in [6.45, 7) is 14.9. The number of carbonyl (C=O) groups excluding carboxylic acids is 1. The number of rotatable bonds is 9. The molecule has 0 spiro atoms. The fourth-order valence-corrected chi connectivity index (χ4v) is 9.04. The molecule has 1 amide bonds. The van der Waals surface area contributed by atoms with Crippen LogP contribution >= 0.6 is 0 Å². The highest BCUT2D eigenvalue weighted by molar-refractivity contribution is 7.89. The van der Waals surface area contributed by atoms with Gasteiger partial charge in [-0.2, -0.15) is 4.31 Å². The second-order valence-corrected chi connectivity index (χ2v) is 14.6. The first-order valence-corrected chi connectivity index (χ1v) is 16.2. The number of piperazine rings is 1. The Morgan fingerprint density at radius 2 is 1.65 bits per heavy atom. The number of aryl methyl sites for hydroxylation is 3. The number of hydrogen-bond donors (Lipinski definition) is 0. The zero-order valence-corrected chi connectivity index (χ0v) is 25.6. The molecule has 1 aliphatic heterocycles. The van der Waals surface area contributed by atoms with Crippen LogP contribution in [-0.4, -0.2) is 74.2 Å². The molecule has 6 nitrogen and oxygen atoms in total. The Bertz CT molecular complexity index is 1350. The highest BCUT2D eigenvalue weighted by Crippen LogP contribution is 2.59. The Morgan fingerprint density at radius 1 is 1.00 bits per heavy atom. The van der Waals surface area contributed by atoms with E-state index in [1.165, 1.54) is 12.0 Å². The molecule has 0 radical (unpaired) electrons. The van der Waals surface area contributed by atoms with Gasteiger partial charge in [0.2, 0.25) is 15.9 Å². The molecule has 2 fully saturated rings. The average Bonchev–Trinajstić information content (AvgIpc) is 2.91. The molecule has 1 saturated carbocycles. The van der Waals surface area contributed by atoms with E-state index in [2.05, 4.69) is 29.7 Å². The summed E-state index contributed by atoms with van der Waals surface area (Å²) in [5.41, 5.74) is 5.49. The van der Waals surface area contributed by atoms with E-state index >= 15 is 0 Å². The van der Waals surface area contributed by atoms with E-state index in [-0.39, 0.29) is 5.91 Å². The second kappa shape index (κ2) is 11.4. The van der Waals surface area contributed by atoms with Crippen LogP contribution in [0.2, 0.25) is 0 Å². The third kappa shape index (κ3) is 5.79. The maximum Gasteiger partial charge on any atom is 0.243 e. The average molecular weight is 564 g/mol. The molecule has 3 aliphatic carbocycles. The topological polar surface area (TPSA) is 60.9 Å². The lowest BCUT2D eigenvalue weighted by Gasteiger charge is -2.57. The lowest BCUT2D eigenvalue weighted by Crippen LogP contribution is -2.52. The van der Waals surface area contributed by atoms with Crippen LogP contribution in [0.4, 0.5) is 0 Å². The predicted octanol–water partition coefficient (Wildman–Crippen LogP) is 4.98. The Kier molecular flexibility index (Phi) is 8.29. The number of amides is 1. The van der Waals surface area contributed by atoms with E-state index in [0.29, 0.717) is 61.9 Å². The predicted molar refractivity (Wildman–Crippen MR) is 161 cm³/mol. The van der Waals surface area contributed by atoms with E-state index in [9.17, 15) is 13.2 Å². The van der Waals surface area contributed by atoms with Crippen LogP contribution in [-0.2, 0) is 21.2 Å². The van der Waals surface area contributed by atoms with E-state index in [0.717, 1.165) is 41.1 Å². The molecular weight excluding hydrogens is 518 g/mol. The fourth-order valence-electron chi connectivity index (χ4n) is 7.21. The van der Waals surface area contributed by atoms with Crippen LogP contribution in [0.1, 0.15) is 48.9 Å². The van der Waals surface area contributed by atoms with Crippen LogP contribution in [0.3, 0.4) is 0 Å². The lowest BCUT2D eigenvalue weighted by molar-refractivity contribution is -0.130. The van der Waals surface area contributed by atoms with Crippen molar-refractivity contribution in [2.24, 2.45) is 17.3 Å². The number of benzene rings is 2. The van der Waals surface area contributed by atoms with E-state index in [1.807, 2.05) is 63.2 Å². The molecule has 2 aromatic carbocycles. The third-order valence-electron chi connectivity index (χ3n) is 9.73. The summed E-state index contributed by atoms with van der Waals surface area (Å²) in [5.74, 6) is 1.51. The molecule has 2 unspecified atom stereocenters. The Hall–Kier alpha value is -2.48. The first-order chi connectivity index (χ1) is 19.0. The molecule has 0 N–H and O–H groups in total. The first-order valence-electron chi connectivity index (χ1n) is 14.8. The summed E-state index contributed by atoms with van der Waals surface area (Å²) in [6, 6.07) is 13.9. The van der Waals surface area contributed by atoms with Crippen LogP contribution in [0.15, 0.2) is 59.0 Å². The molecular formula is C33H45N3O3S.